The van der Waals surface area contributed by atoms with Crippen LogP contribution in [0.3, 0.4) is 0 Å². The van der Waals surface area contributed by atoms with Gasteiger partial charge in [-0.15, -0.1) is 0 Å². The molecule has 0 aromatic heterocycles. The third kappa shape index (κ3) is 3.54. The molecule has 5 atom stereocenters. The summed E-state index contributed by atoms with van der Waals surface area (Å²) >= 11 is 0. The molecule has 0 radical (unpaired) electrons. The molecule has 2 fully saturated rings. The third-order valence-electron chi connectivity index (χ3n) is 6.68. The van der Waals surface area contributed by atoms with E-state index in [9.17, 15) is 9.90 Å². The number of aryl methyl sites for hydroxylation is 1. The number of carbonyl (C=O) groups is 1. The third-order valence-corrected chi connectivity index (χ3v) is 6.68. The fourth-order valence-electron chi connectivity index (χ4n) is 5.38. The highest BCUT2D eigenvalue weighted by atomic mass is 16.5. The monoisotopic (exact) mass is 358 g/mol. The van der Waals surface area contributed by atoms with Gasteiger partial charge in [0.2, 0.25) is 0 Å². The standard InChI is InChI=1S/C21H30N2O3/c22-21(25)23(13-17-11-9-15-4-1-2-7-20(15)26-17)19-6-3-5-14-8-10-16(24)12-18(14)19/h1-2,4,7,14,16-19,24H,3,5-6,8-13H2,(H2,22,25). The lowest BCUT2D eigenvalue weighted by Crippen LogP contribution is -2.55. The summed E-state index contributed by atoms with van der Waals surface area (Å²) in [7, 11) is 0. The number of carbonyl (C=O) groups excluding carboxylic acids is 1. The Morgan fingerprint density at radius 1 is 1.19 bits per heavy atom. The van der Waals surface area contributed by atoms with Crippen molar-refractivity contribution in [3.8, 4) is 5.75 Å². The molecule has 142 valence electrons. The van der Waals surface area contributed by atoms with Gasteiger partial charge in [-0.25, -0.2) is 4.79 Å². The zero-order chi connectivity index (χ0) is 18.1. The quantitative estimate of drug-likeness (QED) is 0.872. The van der Waals surface area contributed by atoms with Gasteiger partial charge in [0.25, 0.3) is 0 Å². The number of aliphatic hydroxyl groups excluding tert-OH is 1. The van der Waals surface area contributed by atoms with Gasteiger partial charge in [-0.05, 0) is 62.0 Å². The average Bonchev–Trinajstić information content (AvgIpc) is 2.65. The Balaban J connectivity index is 1.48. The van der Waals surface area contributed by atoms with Crippen LogP contribution in [0.15, 0.2) is 24.3 Å². The Hall–Kier alpha value is -1.75. The van der Waals surface area contributed by atoms with Crippen LogP contribution < -0.4 is 10.5 Å². The topological polar surface area (TPSA) is 75.8 Å². The lowest BCUT2D eigenvalue weighted by molar-refractivity contribution is -0.00513. The van der Waals surface area contributed by atoms with Gasteiger partial charge in [0.15, 0.2) is 0 Å². The fourth-order valence-corrected chi connectivity index (χ4v) is 5.38. The SMILES string of the molecule is NC(=O)N(CC1CCc2ccccc2O1)C1CCCC2CCC(O)CC21. The molecule has 5 unspecified atom stereocenters. The van der Waals surface area contributed by atoms with E-state index in [1.807, 2.05) is 23.1 Å². The maximum Gasteiger partial charge on any atom is 0.315 e. The summed E-state index contributed by atoms with van der Waals surface area (Å²) in [5.74, 6) is 1.92. The van der Waals surface area contributed by atoms with E-state index in [0.717, 1.165) is 50.7 Å². The maximum absolute atomic E-state index is 12.3. The van der Waals surface area contributed by atoms with Gasteiger partial charge in [0.1, 0.15) is 11.9 Å². The highest BCUT2D eigenvalue weighted by Crippen LogP contribution is 2.43. The van der Waals surface area contributed by atoms with Gasteiger partial charge in [-0.3, -0.25) is 0 Å². The van der Waals surface area contributed by atoms with Crippen molar-refractivity contribution in [3.63, 3.8) is 0 Å². The van der Waals surface area contributed by atoms with Crippen molar-refractivity contribution in [2.75, 3.05) is 6.54 Å². The van der Waals surface area contributed by atoms with Crippen LogP contribution in [0, 0.1) is 11.8 Å². The van der Waals surface area contributed by atoms with Crippen molar-refractivity contribution in [1.29, 1.82) is 0 Å². The summed E-state index contributed by atoms with van der Waals surface area (Å²) < 4.78 is 6.16. The van der Waals surface area contributed by atoms with Crippen molar-refractivity contribution in [2.24, 2.45) is 17.6 Å². The number of hydrogen-bond acceptors (Lipinski definition) is 3. The minimum atomic E-state index is -0.349. The molecule has 1 heterocycles. The molecule has 2 amide bonds. The minimum Gasteiger partial charge on any atom is -0.488 e. The number of fused-ring (bicyclic) bond motifs is 2. The molecule has 2 saturated carbocycles. The number of nitrogens with zero attached hydrogens (tertiary/aromatic N) is 1. The Morgan fingerprint density at radius 2 is 2.04 bits per heavy atom. The van der Waals surface area contributed by atoms with Crippen molar-refractivity contribution in [3.05, 3.63) is 29.8 Å². The molecule has 3 aliphatic rings. The molecule has 3 N–H and O–H groups in total. The second-order valence-electron chi connectivity index (χ2n) is 8.27. The summed E-state index contributed by atoms with van der Waals surface area (Å²) in [5.41, 5.74) is 7.04. The van der Waals surface area contributed by atoms with E-state index < -0.39 is 0 Å². The van der Waals surface area contributed by atoms with Crippen LogP contribution in [0.4, 0.5) is 4.79 Å². The molecule has 4 rings (SSSR count). The number of nitrogens with two attached hydrogens (primary N) is 1. The molecule has 26 heavy (non-hydrogen) atoms. The number of aliphatic hydroxyl groups is 1. The lowest BCUT2D eigenvalue weighted by atomic mass is 9.67. The predicted molar refractivity (Wildman–Crippen MR) is 99.9 cm³/mol. The highest BCUT2D eigenvalue weighted by Gasteiger charge is 2.42. The highest BCUT2D eigenvalue weighted by molar-refractivity contribution is 5.72. The number of urea groups is 1. The Morgan fingerprint density at radius 3 is 2.88 bits per heavy atom. The number of amides is 2. The van der Waals surface area contributed by atoms with Crippen molar-refractivity contribution in [1.82, 2.24) is 4.90 Å². The summed E-state index contributed by atoms with van der Waals surface area (Å²) in [6, 6.07) is 7.92. The van der Waals surface area contributed by atoms with E-state index in [1.54, 1.807) is 0 Å². The molecule has 1 aliphatic heterocycles. The second-order valence-corrected chi connectivity index (χ2v) is 8.27. The number of hydrogen-bond donors (Lipinski definition) is 2. The average molecular weight is 358 g/mol. The first kappa shape index (κ1) is 17.7. The van der Waals surface area contributed by atoms with Crippen LogP contribution in [-0.4, -0.2) is 40.8 Å². The van der Waals surface area contributed by atoms with Crippen molar-refractivity contribution in [2.45, 2.75) is 69.6 Å². The van der Waals surface area contributed by atoms with Crippen molar-refractivity contribution < 1.29 is 14.6 Å². The van der Waals surface area contributed by atoms with E-state index in [0.29, 0.717) is 18.4 Å². The van der Waals surface area contributed by atoms with Crippen LogP contribution in [0.5, 0.6) is 5.75 Å². The number of para-hydroxylation sites is 1. The molecular weight excluding hydrogens is 328 g/mol. The van der Waals surface area contributed by atoms with Crippen molar-refractivity contribution >= 4 is 6.03 Å². The molecule has 2 aliphatic carbocycles. The smallest absolute Gasteiger partial charge is 0.315 e. The molecule has 1 aromatic rings. The van der Waals surface area contributed by atoms with Crippen LogP contribution >= 0.6 is 0 Å². The van der Waals surface area contributed by atoms with Crippen LogP contribution in [0.25, 0.3) is 0 Å². The molecule has 0 saturated heterocycles. The zero-order valence-corrected chi connectivity index (χ0v) is 15.3. The summed E-state index contributed by atoms with van der Waals surface area (Å²) in [6.07, 6.45) is 7.75. The van der Waals surface area contributed by atoms with Gasteiger partial charge >= 0.3 is 6.03 Å². The molecule has 0 bridgehead atoms. The Kier molecular flexibility index (Phi) is 5.07. The van der Waals surface area contributed by atoms with E-state index in [4.69, 9.17) is 10.5 Å². The first-order valence-corrected chi connectivity index (χ1v) is 10.1. The zero-order valence-electron chi connectivity index (χ0n) is 15.3. The van der Waals surface area contributed by atoms with E-state index in [2.05, 4.69) is 6.07 Å². The number of ether oxygens (including phenoxy) is 1. The number of benzene rings is 1. The van der Waals surface area contributed by atoms with Gasteiger partial charge < -0.3 is 20.5 Å². The lowest BCUT2D eigenvalue weighted by Gasteiger charge is -2.47. The molecule has 5 nitrogen and oxygen atoms in total. The largest absolute Gasteiger partial charge is 0.488 e. The molecule has 0 spiro atoms. The number of primary amides is 1. The first-order chi connectivity index (χ1) is 12.6. The second kappa shape index (κ2) is 7.47. The number of rotatable bonds is 3. The van der Waals surface area contributed by atoms with Gasteiger partial charge in [-0.2, -0.15) is 0 Å². The van der Waals surface area contributed by atoms with Gasteiger partial charge in [0, 0.05) is 6.04 Å². The van der Waals surface area contributed by atoms with E-state index in [-0.39, 0.29) is 24.3 Å². The van der Waals surface area contributed by atoms with E-state index >= 15 is 0 Å². The van der Waals surface area contributed by atoms with Crippen LogP contribution in [0.2, 0.25) is 0 Å². The fraction of sp³-hybridized carbons (Fsp3) is 0.667. The summed E-state index contributed by atoms with van der Waals surface area (Å²) in [5, 5.41) is 10.2. The molecule has 1 aromatic carbocycles. The predicted octanol–water partition coefficient (Wildman–Crippen LogP) is 3.09. The molecular formula is C21H30N2O3. The van der Waals surface area contributed by atoms with Crippen LogP contribution in [0.1, 0.15) is 50.5 Å². The normalized spacial score (nSPS) is 33.5. The van der Waals surface area contributed by atoms with Gasteiger partial charge in [-0.1, -0.05) is 31.0 Å². The maximum atomic E-state index is 12.3. The first-order valence-electron chi connectivity index (χ1n) is 10.1. The minimum absolute atomic E-state index is 0.00806. The Labute approximate surface area is 155 Å². The van der Waals surface area contributed by atoms with Crippen LogP contribution in [-0.2, 0) is 6.42 Å². The van der Waals surface area contributed by atoms with Gasteiger partial charge in [0.05, 0.1) is 12.6 Å². The Bertz CT molecular complexity index is 650. The van der Waals surface area contributed by atoms with E-state index in [1.165, 1.54) is 12.0 Å². The summed E-state index contributed by atoms with van der Waals surface area (Å²) in [4.78, 5) is 14.2. The summed E-state index contributed by atoms with van der Waals surface area (Å²) in [6.45, 7) is 0.549. The molecule has 5 heteroatoms.